The second-order valence-corrected chi connectivity index (χ2v) is 6.30. The van der Waals surface area contributed by atoms with Crippen molar-refractivity contribution in [2.75, 3.05) is 20.1 Å². The molecule has 3 N–H and O–H groups in total. The summed E-state index contributed by atoms with van der Waals surface area (Å²) >= 11 is 0. The molecule has 6 heteroatoms. The molecule has 0 radical (unpaired) electrons. The average Bonchev–Trinajstić information content (AvgIpc) is 2.97. The molecule has 2 aliphatic rings. The number of nitrogens with two attached hydrogens (primary N) is 1. The van der Waals surface area contributed by atoms with Gasteiger partial charge in [0.1, 0.15) is 6.04 Å². The van der Waals surface area contributed by atoms with Crippen LogP contribution in [0.25, 0.3) is 0 Å². The molecule has 21 heavy (non-hydrogen) atoms. The van der Waals surface area contributed by atoms with Crippen LogP contribution < -0.4 is 11.1 Å². The number of carbonyl (C=O) groups is 2. The molecule has 2 amide bonds. The minimum atomic E-state index is -0.272. The van der Waals surface area contributed by atoms with Gasteiger partial charge in [-0.15, -0.1) is 12.4 Å². The van der Waals surface area contributed by atoms with Crippen LogP contribution in [0.3, 0.4) is 0 Å². The van der Waals surface area contributed by atoms with E-state index in [1.165, 1.54) is 19.3 Å². The van der Waals surface area contributed by atoms with Gasteiger partial charge in [-0.2, -0.15) is 0 Å². The van der Waals surface area contributed by atoms with E-state index in [9.17, 15) is 9.59 Å². The lowest BCUT2D eigenvalue weighted by Gasteiger charge is -2.37. The molecule has 0 spiro atoms. The number of carbonyl (C=O) groups excluding carboxylic acids is 2. The molecule has 0 bridgehead atoms. The summed E-state index contributed by atoms with van der Waals surface area (Å²) in [5.74, 6) is 0.0738. The molecule has 5 nitrogen and oxygen atoms in total. The Balaban J connectivity index is 0.00000220. The van der Waals surface area contributed by atoms with Gasteiger partial charge in [0.25, 0.3) is 0 Å². The molecule has 1 heterocycles. The van der Waals surface area contributed by atoms with Crippen molar-refractivity contribution in [3.05, 3.63) is 0 Å². The molecule has 0 aromatic carbocycles. The van der Waals surface area contributed by atoms with Crippen molar-refractivity contribution in [1.82, 2.24) is 10.2 Å². The van der Waals surface area contributed by atoms with Crippen molar-refractivity contribution in [1.29, 1.82) is 0 Å². The predicted octanol–water partition coefficient (Wildman–Crippen LogP) is 1.44. The van der Waals surface area contributed by atoms with Gasteiger partial charge in [0.2, 0.25) is 11.8 Å². The summed E-state index contributed by atoms with van der Waals surface area (Å²) in [5, 5.41) is 2.66. The Bertz CT molecular complexity index is 370. The molecule has 0 aromatic heterocycles. The normalized spacial score (nSPS) is 24.3. The number of nitrogens with zero attached hydrogens (tertiary/aromatic N) is 1. The van der Waals surface area contributed by atoms with Gasteiger partial charge in [0.05, 0.1) is 0 Å². The number of likely N-dealkylation sites (N-methyl/N-ethyl adjacent to an activating group) is 1. The summed E-state index contributed by atoms with van der Waals surface area (Å²) in [5.41, 5.74) is 5.93. The fourth-order valence-corrected chi connectivity index (χ4v) is 3.68. The Hall–Kier alpha value is -0.810. The predicted molar refractivity (Wildman–Crippen MR) is 85.2 cm³/mol. The van der Waals surface area contributed by atoms with Crippen molar-refractivity contribution in [2.24, 2.45) is 11.1 Å². The maximum absolute atomic E-state index is 12.6. The van der Waals surface area contributed by atoms with Gasteiger partial charge in [-0.3, -0.25) is 9.59 Å². The zero-order valence-electron chi connectivity index (χ0n) is 12.9. The van der Waals surface area contributed by atoms with E-state index in [0.29, 0.717) is 19.5 Å². The van der Waals surface area contributed by atoms with E-state index in [1.807, 2.05) is 0 Å². The highest BCUT2D eigenvalue weighted by atomic mass is 35.5. The molecule has 1 saturated carbocycles. The number of rotatable bonds is 4. The molecular formula is C15H28ClN3O2. The maximum Gasteiger partial charge on any atom is 0.242 e. The minimum absolute atomic E-state index is 0. The average molecular weight is 318 g/mol. The van der Waals surface area contributed by atoms with Gasteiger partial charge >= 0.3 is 0 Å². The van der Waals surface area contributed by atoms with E-state index < -0.39 is 0 Å². The first kappa shape index (κ1) is 18.2. The quantitative estimate of drug-likeness (QED) is 0.824. The van der Waals surface area contributed by atoms with Crippen LogP contribution in [-0.4, -0.2) is 42.9 Å². The molecule has 1 aliphatic heterocycles. The highest BCUT2D eigenvalue weighted by Gasteiger charge is 2.39. The van der Waals surface area contributed by atoms with Crippen LogP contribution >= 0.6 is 12.4 Å². The van der Waals surface area contributed by atoms with Gasteiger partial charge < -0.3 is 16.0 Å². The Kier molecular flexibility index (Phi) is 6.94. The number of likely N-dealkylation sites (tertiary alicyclic amines) is 1. The number of halogens is 1. The van der Waals surface area contributed by atoms with Crippen LogP contribution in [0.2, 0.25) is 0 Å². The highest BCUT2D eigenvalue weighted by Crippen LogP contribution is 2.39. The van der Waals surface area contributed by atoms with Gasteiger partial charge in [0.15, 0.2) is 0 Å². The van der Waals surface area contributed by atoms with Gasteiger partial charge in [-0.1, -0.05) is 19.3 Å². The van der Waals surface area contributed by atoms with Gasteiger partial charge in [0, 0.05) is 20.0 Å². The van der Waals surface area contributed by atoms with Crippen LogP contribution in [0.5, 0.6) is 0 Å². The largest absolute Gasteiger partial charge is 0.357 e. The fourth-order valence-electron chi connectivity index (χ4n) is 3.68. The Morgan fingerprint density at radius 3 is 2.48 bits per heavy atom. The molecule has 1 saturated heterocycles. The summed E-state index contributed by atoms with van der Waals surface area (Å²) in [6.45, 7) is 1.29. The number of nitrogens with one attached hydrogen (secondary N) is 1. The van der Waals surface area contributed by atoms with Gasteiger partial charge in [-0.05, 0) is 37.6 Å². The summed E-state index contributed by atoms with van der Waals surface area (Å²) < 4.78 is 0. The third-order valence-electron chi connectivity index (χ3n) is 5.00. The Morgan fingerprint density at radius 1 is 1.24 bits per heavy atom. The van der Waals surface area contributed by atoms with Crippen LogP contribution in [0.4, 0.5) is 0 Å². The molecule has 2 rings (SSSR count). The second-order valence-electron chi connectivity index (χ2n) is 6.30. The Labute approximate surface area is 133 Å². The van der Waals surface area contributed by atoms with Crippen LogP contribution in [-0.2, 0) is 9.59 Å². The standard InChI is InChI=1S/C15H27N3O2.ClH/c1-17-14(20)12-6-5-9-18(12)13(19)10-15(11-16)7-3-2-4-8-15;/h12H,2-11,16H2,1H3,(H,17,20);1H. The zero-order chi connectivity index (χ0) is 14.6. The van der Waals surface area contributed by atoms with E-state index in [1.54, 1.807) is 11.9 Å². The van der Waals surface area contributed by atoms with E-state index in [4.69, 9.17) is 5.73 Å². The molecule has 1 atom stereocenters. The summed E-state index contributed by atoms with van der Waals surface area (Å²) in [6, 6.07) is -0.272. The summed E-state index contributed by atoms with van der Waals surface area (Å²) in [6.07, 6.45) is 7.89. The lowest BCUT2D eigenvalue weighted by molar-refractivity contribution is -0.140. The molecular weight excluding hydrogens is 290 g/mol. The van der Waals surface area contributed by atoms with Crippen molar-refractivity contribution < 1.29 is 9.59 Å². The first-order valence-electron chi connectivity index (χ1n) is 7.83. The molecule has 0 aromatic rings. The lowest BCUT2D eigenvalue weighted by atomic mass is 9.71. The van der Waals surface area contributed by atoms with E-state index in [2.05, 4.69) is 5.32 Å². The molecule has 1 unspecified atom stereocenters. The first-order valence-corrected chi connectivity index (χ1v) is 7.83. The third kappa shape index (κ3) is 4.10. The number of amides is 2. The third-order valence-corrected chi connectivity index (χ3v) is 5.00. The summed E-state index contributed by atoms with van der Waals surface area (Å²) in [4.78, 5) is 26.2. The van der Waals surface area contributed by atoms with Crippen LogP contribution in [0.1, 0.15) is 51.4 Å². The van der Waals surface area contributed by atoms with Crippen molar-refractivity contribution in [2.45, 2.75) is 57.4 Å². The maximum atomic E-state index is 12.6. The van der Waals surface area contributed by atoms with E-state index >= 15 is 0 Å². The van der Waals surface area contributed by atoms with E-state index in [0.717, 1.165) is 25.7 Å². The summed E-state index contributed by atoms with van der Waals surface area (Å²) in [7, 11) is 1.63. The topological polar surface area (TPSA) is 75.4 Å². The smallest absolute Gasteiger partial charge is 0.242 e. The molecule has 2 fully saturated rings. The first-order chi connectivity index (χ1) is 9.62. The zero-order valence-corrected chi connectivity index (χ0v) is 13.7. The van der Waals surface area contributed by atoms with Crippen molar-refractivity contribution >= 4 is 24.2 Å². The monoisotopic (exact) mass is 317 g/mol. The fraction of sp³-hybridized carbons (Fsp3) is 0.867. The van der Waals surface area contributed by atoms with Crippen molar-refractivity contribution in [3.63, 3.8) is 0 Å². The van der Waals surface area contributed by atoms with E-state index in [-0.39, 0.29) is 35.7 Å². The van der Waals surface area contributed by atoms with Crippen LogP contribution in [0, 0.1) is 5.41 Å². The van der Waals surface area contributed by atoms with Crippen LogP contribution in [0.15, 0.2) is 0 Å². The Morgan fingerprint density at radius 2 is 1.90 bits per heavy atom. The van der Waals surface area contributed by atoms with Crippen molar-refractivity contribution in [3.8, 4) is 0 Å². The molecule has 122 valence electrons. The minimum Gasteiger partial charge on any atom is -0.357 e. The second kappa shape index (κ2) is 7.99. The molecule has 1 aliphatic carbocycles. The number of hydrogen-bond donors (Lipinski definition) is 2. The number of hydrogen-bond acceptors (Lipinski definition) is 3. The van der Waals surface area contributed by atoms with Gasteiger partial charge in [-0.25, -0.2) is 0 Å². The lowest BCUT2D eigenvalue weighted by Crippen LogP contribution is -2.47. The highest BCUT2D eigenvalue weighted by molar-refractivity contribution is 5.88. The SMILES string of the molecule is CNC(=O)C1CCCN1C(=O)CC1(CN)CCCCC1.Cl.